The van der Waals surface area contributed by atoms with E-state index in [0.717, 1.165) is 72.1 Å². The van der Waals surface area contributed by atoms with Crippen LogP contribution in [0.1, 0.15) is 48.5 Å². The lowest BCUT2D eigenvalue weighted by molar-refractivity contribution is -0.276. The average molecular weight is 695 g/mol. The van der Waals surface area contributed by atoms with Crippen molar-refractivity contribution in [2.75, 3.05) is 50.8 Å². The van der Waals surface area contributed by atoms with Crippen LogP contribution in [0.5, 0.6) is 0 Å². The number of esters is 1. The molecule has 2 aliphatic heterocycles. The van der Waals surface area contributed by atoms with Gasteiger partial charge in [-0.2, -0.15) is 0 Å². The van der Waals surface area contributed by atoms with Crippen molar-refractivity contribution >= 4 is 17.9 Å². The first-order valence-electron chi connectivity index (χ1n) is 17.5. The number of hydrogen-bond acceptors (Lipinski definition) is 10. The first-order valence-corrected chi connectivity index (χ1v) is 17.5. The van der Waals surface area contributed by atoms with Gasteiger partial charge in [-0.15, -0.1) is 0 Å². The molecule has 2 amide bonds. The highest BCUT2D eigenvalue weighted by Gasteiger charge is 2.39. The normalized spacial score (nSPS) is 20.8. The summed E-state index contributed by atoms with van der Waals surface area (Å²) in [6, 6.07) is 25.5. The van der Waals surface area contributed by atoms with Crippen LogP contribution in [-0.4, -0.2) is 84.0 Å². The zero-order chi connectivity index (χ0) is 35.6. The van der Waals surface area contributed by atoms with Crippen LogP contribution in [0.25, 0.3) is 11.1 Å². The second-order valence-electron chi connectivity index (χ2n) is 12.8. The van der Waals surface area contributed by atoms with Crippen molar-refractivity contribution in [1.29, 1.82) is 0 Å². The topological polar surface area (TPSA) is 138 Å². The van der Waals surface area contributed by atoms with E-state index in [0.29, 0.717) is 6.54 Å². The van der Waals surface area contributed by atoms with Gasteiger partial charge in [-0.05, 0) is 46.9 Å². The second kappa shape index (κ2) is 17.4. The van der Waals surface area contributed by atoms with Crippen LogP contribution in [0.2, 0.25) is 0 Å². The highest BCUT2D eigenvalue weighted by Crippen LogP contribution is 2.42. The number of benzene rings is 3. The lowest BCUT2D eigenvalue weighted by Crippen LogP contribution is -2.51. The molecule has 0 spiro atoms. The van der Waals surface area contributed by atoms with Crippen LogP contribution in [0.4, 0.5) is 10.7 Å². The number of nitrogens with one attached hydrogen (secondary N) is 2. The van der Waals surface area contributed by atoms with E-state index in [1.165, 1.54) is 0 Å². The summed E-state index contributed by atoms with van der Waals surface area (Å²) in [6.45, 7) is 8.52. The Labute approximate surface area is 298 Å². The Balaban J connectivity index is 1.12. The van der Waals surface area contributed by atoms with Crippen molar-refractivity contribution in [2.24, 2.45) is 5.92 Å². The van der Waals surface area contributed by atoms with Crippen LogP contribution in [0.3, 0.4) is 0 Å². The largest absolute Gasteiger partial charge is 0.465 e. The molecular weight excluding hydrogens is 648 g/mol. The van der Waals surface area contributed by atoms with Crippen molar-refractivity contribution < 1.29 is 28.9 Å². The van der Waals surface area contributed by atoms with Gasteiger partial charge in [0.15, 0.2) is 6.29 Å². The molecule has 4 atom stereocenters. The standard InChI is InChI=1S/C39H46N6O6/c1-3-49-35(47)24-43-39(48)42-23-29-6-4-7-33(22-29)30-12-14-32(15-13-30)37-50-34(27(2)36(51-37)31-10-8-28(26-46)9-11-31)25-44-18-20-45(21-19-44)38-40-16-5-17-41-38/h4-17,22,27,34,36-37,46H,3,18-21,23-26H2,1-2H3,(H2,42,43,48)/t27-,34+,36+,37+/m0/s1. The van der Waals surface area contributed by atoms with E-state index < -0.39 is 18.3 Å². The molecule has 2 saturated heterocycles. The molecule has 51 heavy (non-hydrogen) atoms. The van der Waals surface area contributed by atoms with Crippen molar-refractivity contribution in [3.8, 4) is 11.1 Å². The van der Waals surface area contributed by atoms with E-state index in [4.69, 9.17) is 14.2 Å². The fourth-order valence-corrected chi connectivity index (χ4v) is 6.47. The summed E-state index contributed by atoms with van der Waals surface area (Å²) in [5.74, 6) is 0.369. The van der Waals surface area contributed by atoms with Crippen LogP contribution in [0, 0.1) is 5.92 Å². The van der Waals surface area contributed by atoms with E-state index in [-0.39, 0.29) is 37.9 Å². The van der Waals surface area contributed by atoms with Crippen LogP contribution in [-0.2, 0) is 32.2 Å². The van der Waals surface area contributed by atoms with Crippen LogP contribution in [0.15, 0.2) is 91.3 Å². The van der Waals surface area contributed by atoms with Crippen LogP contribution >= 0.6 is 0 Å². The molecule has 6 rings (SSSR count). The van der Waals surface area contributed by atoms with E-state index in [2.05, 4.69) is 49.5 Å². The Hall–Kier alpha value is -4.88. The number of rotatable bonds is 12. The van der Waals surface area contributed by atoms with Gasteiger partial charge in [0, 0.05) is 63.1 Å². The van der Waals surface area contributed by atoms with Gasteiger partial charge in [0.2, 0.25) is 5.95 Å². The minimum atomic E-state index is -0.564. The molecule has 0 radical (unpaired) electrons. The number of amides is 2. The summed E-state index contributed by atoms with van der Waals surface area (Å²) in [7, 11) is 0. The summed E-state index contributed by atoms with van der Waals surface area (Å²) >= 11 is 0. The number of piperazine rings is 1. The molecule has 268 valence electrons. The maximum Gasteiger partial charge on any atom is 0.325 e. The summed E-state index contributed by atoms with van der Waals surface area (Å²) in [6.07, 6.45) is 2.72. The zero-order valence-corrected chi connectivity index (χ0v) is 29.1. The summed E-state index contributed by atoms with van der Waals surface area (Å²) in [5, 5.41) is 14.9. The lowest BCUT2D eigenvalue weighted by atomic mass is 9.89. The van der Waals surface area contributed by atoms with Gasteiger partial charge in [0.05, 0.1) is 25.4 Å². The SMILES string of the molecule is CCOC(=O)CNC(=O)NCc1cccc(-c2ccc([C@@H]3O[C@H](CN4CCN(c5ncccn5)CC4)[C@H](C)[C@H](c4ccc(CO)cc4)O3)cc2)c1. The fourth-order valence-electron chi connectivity index (χ4n) is 6.47. The molecule has 0 aliphatic carbocycles. The fraction of sp³-hybridized carbons (Fsp3) is 0.385. The molecule has 0 unspecified atom stereocenters. The molecular formula is C39H46N6O6. The number of carbonyl (C=O) groups excluding carboxylic acids is 2. The van der Waals surface area contributed by atoms with E-state index >= 15 is 0 Å². The van der Waals surface area contributed by atoms with Gasteiger partial charge in [-0.25, -0.2) is 14.8 Å². The Morgan fingerprint density at radius 3 is 2.29 bits per heavy atom. The molecule has 0 saturated carbocycles. The first kappa shape index (κ1) is 35.9. The predicted molar refractivity (Wildman–Crippen MR) is 192 cm³/mol. The van der Waals surface area contributed by atoms with Crippen molar-refractivity contribution in [3.63, 3.8) is 0 Å². The van der Waals surface area contributed by atoms with E-state index in [1.807, 2.05) is 66.7 Å². The maximum atomic E-state index is 12.2. The quantitative estimate of drug-likeness (QED) is 0.180. The molecule has 12 nitrogen and oxygen atoms in total. The predicted octanol–water partition coefficient (Wildman–Crippen LogP) is 4.61. The molecule has 1 aromatic heterocycles. The number of aliphatic hydroxyl groups is 1. The molecule has 12 heteroatoms. The average Bonchev–Trinajstić information content (AvgIpc) is 3.18. The number of hydrogen-bond donors (Lipinski definition) is 3. The molecule has 3 aromatic carbocycles. The third-order valence-electron chi connectivity index (χ3n) is 9.36. The molecule has 2 fully saturated rings. The number of ether oxygens (including phenoxy) is 3. The third kappa shape index (κ3) is 9.47. The van der Waals surface area contributed by atoms with Crippen molar-refractivity contribution in [1.82, 2.24) is 25.5 Å². The monoisotopic (exact) mass is 694 g/mol. The highest BCUT2D eigenvalue weighted by molar-refractivity contribution is 5.80. The number of anilines is 1. The molecule has 4 aromatic rings. The van der Waals surface area contributed by atoms with Gasteiger partial charge < -0.3 is 34.9 Å². The number of nitrogens with zero attached hydrogens (tertiary/aromatic N) is 4. The second-order valence-corrected chi connectivity index (χ2v) is 12.8. The molecule has 0 bridgehead atoms. The number of aliphatic hydroxyl groups excluding tert-OH is 1. The maximum absolute atomic E-state index is 12.2. The smallest absolute Gasteiger partial charge is 0.325 e. The number of carbonyl (C=O) groups is 2. The zero-order valence-electron chi connectivity index (χ0n) is 29.1. The summed E-state index contributed by atoms with van der Waals surface area (Å²) in [4.78, 5) is 37.2. The Kier molecular flexibility index (Phi) is 12.2. The van der Waals surface area contributed by atoms with E-state index in [1.54, 1.807) is 19.3 Å². The first-order chi connectivity index (χ1) is 24.9. The van der Waals surface area contributed by atoms with Gasteiger partial charge in [-0.1, -0.05) is 73.7 Å². The molecule has 3 heterocycles. The van der Waals surface area contributed by atoms with Gasteiger partial charge >= 0.3 is 12.0 Å². The van der Waals surface area contributed by atoms with Crippen molar-refractivity contribution in [2.45, 2.75) is 45.5 Å². The minimum absolute atomic E-state index is 0.00601. The van der Waals surface area contributed by atoms with Gasteiger partial charge in [-0.3, -0.25) is 9.69 Å². The van der Waals surface area contributed by atoms with Gasteiger partial charge in [0.25, 0.3) is 0 Å². The number of aromatic nitrogens is 2. The van der Waals surface area contributed by atoms with E-state index in [9.17, 15) is 14.7 Å². The Bertz CT molecular complexity index is 1720. The van der Waals surface area contributed by atoms with Crippen LogP contribution < -0.4 is 15.5 Å². The summed E-state index contributed by atoms with van der Waals surface area (Å²) < 4.78 is 18.3. The highest BCUT2D eigenvalue weighted by atomic mass is 16.7. The third-order valence-corrected chi connectivity index (χ3v) is 9.36. The van der Waals surface area contributed by atoms with Crippen molar-refractivity contribution in [3.05, 3.63) is 114 Å². The lowest BCUT2D eigenvalue weighted by Gasteiger charge is -2.44. The number of urea groups is 1. The Morgan fingerprint density at radius 2 is 1.59 bits per heavy atom. The summed E-state index contributed by atoms with van der Waals surface area (Å²) in [5.41, 5.74) is 5.79. The Morgan fingerprint density at radius 1 is 0.863 bits per heavy atom. The van der Waals surface area contributed by atoms with Gasteiger partial charge in [0.1, 0.15) is 6.54 Å². The molecule has 2 aliphatic rings. The minimum Gasteiger partial charge on any atom is -0.465 e. The molecule has 3 N–H and O–H groups in total.